The highest BCUT2D eigenvalue weighted by molar-refractivity contribution is 5.96. The van der Waals surface area contributed by atoms with Gasteiger partial charge in [-0.25, -0.2) is 0 Å². The van der Waals surface area contributed by atoms with Crippen molar-refractivity contribution in [3.8, 4) is 5.75 Å². The molecule has 2 rings (SSSR count). The fraction of sp³-hybridized carbons (Fsp3) is 0.417. The molecule has 162 valence electrons. The van der Waals surface area contributed by atoms with Crippen LogP contribution in [0.3, 0.4) is 0 Å². The van der Waals surface area contributed by atoms with Crippen molar-refractivity contribution in [3.05, 3.63) is 54.1 Å². The number of rotatable bonds is 11. The number of carbonyl (C=O) groups excluding carboxylic acids is 2. The predicted molar refractivity (Wildman–Crippen MR) is 122 cm³/mol. The maximum atomic E-state index is 12.8. The molecule has 2 aromatic rings. The fourth-order valence-corrected chi connectivity index (χ4v) is 3.11. The lowest BCUT2D eigenvalue weighted by Gasteiger charge is -2.21. The van der Waals surface area contributed by atoms with Crippen molar-refractivity contribution in [1.82, 2.24) is 4.90 Å². The van der Waals surface area contributed by atoms with Crippen LogP contribution in [0.15, 0.2) is 48.5 Å². The fourth-order valence-electron chi connectivity index (χ4n) is 3.11. The van der Waals surface area contributed by atoms with Gasteiger partial charge in [0, 0.05) is 36.1 Å². The Labute approximate surface area is 179 Å². The highest BCUT2D eigenvalue weighted by Gasteiger charge is 2.14. The third-order valence-corrected chi connectivity index (χ3v) is 4.33. The first-order valence-electron chi connectivity index (χ1n) is 10.6. The number of carbonyl (C=O) groups is 2. The number of nitrogens with one attached hydrogen (secondary N) is 2. The Morgan fingerprint density at radius 3 is 2.30 bits per heavy atom. The lowest BCUT2D eigenvalue weighted by molar-refractivity contribution is -0.114. The van der Waals surface area contributed by atoms with E-state index in [2.05, 4.69) is 24.5 Å². The molecule has 0 spiro atoms. The van der Waals surface area contributed by atoms with Crippen molar-refractivity contribution < 1.29 is 14.3 Å². The Kier molecular flexibility index (Phi) is 9.19. The highest BCUT2D eigenvalue weighted by atomic mass is 16.5. The molecule has 0 aromatic heterocycles. The first kappa shape index (κ1) is 23.3. The van der Waals surface area contributed by atoms with Gasteiger partial charge in [-0.1, -0.05) is 26.0 Å². The molecule has 2 N–H and O–H groups in total. The van der Waals surface area contributed by atoms with Crippen LogP contribution < -0.4 is 15.4 Å². The Morgan fingerprint density at radius 1 is 0.967 bits per heavy atom. The topological polar surface area (TPSA) is 70.7 Å². The molecule has 0 aliphatic heterocycles. The molecule has 6 nitrogen and oxygen atoms in total. The van der Waals surface area contributed by atoms with Crippen molar-refractivity contribution in [2.75, 3.05) is 30.3 Å². The SMILES string of the molecule is CCCN(CCC)C(=O)c1cccc(NCC(=O)Nc2cccc(OC(C)C)c2)c1. The summed E-state index contributed by atoms with van der Waals surface area (Å²) in [6.45, 7) is 9.63. The number of benzene rings is 2. The van der Waals surface area contributed by atoms with Crippen molar-refractivity contribution in [2.45, 2.75) is 46.6 Å². The molecule has 0 saturated heterocycles. The largest absolute Gasteiger partial charge is 0.491 e. The van der Waals surface area contributed by atoms with E-state index >= 15 is 0 Å². The van der Waals surface area contributed by atoms with Crippen LogP contribution in [0.2, 0.25) is 0 Å². The van der Waals surface area contributed by atoms with Gasteiger partial charge in [0.1, 0.15) is 5.75 Å². The second-order valence-corrected chi connectivity index (χ2v) is 7.47. The first-order valence-corrected chi connectivity index (χ1v) is 10.6. The van der Waals surface area contributed by atoms with E-state index in [-0.39, 0.29) is 24.5 Å². The molecular weight excluding hydrogens is 378 g/mol. The van der Waals surface area contributed by atoms with E-state index < -0.39 is 0 Å². The molecule has 0 fully saturated rings. The number of nitrogens with zero attached hydrogens (tertiary/aromatic N) is 1. The summed E-state index contributed by atoms with van der Waals surface area (Å²) in [5.41, 5.74) is 2.04. The van der Waals surface area contributed by atoms with E-state index in [1.54, 1.807) is 12.1 Å². The average Bonchev–Trinajstić information content (AvgIpc) is 2.71. The summed E-state index contributed by atoms with van der Waals surface area (Å²) in [7, 11) is 0. The summed E-state index contributed by atoms with van der Waals surface area (Å²) in [6, 6.07) is 14.6. The molecule has 0 unspecified atom stereocenters. The molecule has 2 amide bonds. The summed E-state index contributed by atoms with van der Waals surface area (Å²) >= 11 is 0. The molecule has 0 aliphatic carbocycles. The van der Waals surface area contributed by atoms with Gasteiger partial charge in [-0.2, -0.15) is 0 Å². The zero-order valence-corrected chi connectivity index (χ0v) is 18.4. The van der Waals surface area contributed by atoms with Gasteiger partial charge in [0.05, 0.1) is 12.6 Å². The van der Waals surface area contributed by atoms with E-state index in [0.717, 1.165) is 31.6 Å². The normalized spacial score (nSPS) is 10.6. The van der Waals surface area contributed by atoms with Crippen LogP contribution in [0, 0.1) is 0 Å². The Balaban J connectivity index is 1.95. The van der Waals surface area contributed by atoms with Crippen molar-refractivity contribution >= 4 is 23.2 Å². The molecular formula is C24H33N3O3. The summed E-state index contributed by atoms with van der Waals surface area (Å²) in [5, 5.41) is 5.95. The second-order valence-electron chi connectivity index (χ2n) is 7.47. The number of anilines is 2. The molecule has 30 heavy (non-hydrogen) atoms. The van der Waals surface area contributed by atoms with Gasteiger partial charge in [0.2, 0.25) is 5.91 Å². The van der Waals surface area contributed by atoms with E-state index in [1.165, 1.54) is 0 Å². The van der Waals surface area contributed by atoms with E-state index in [1.807, 2.05) is 55.1 Å². The van der Waals surface area contributed by atoms with Gasteiger partial charge < -0.3 is 20.3 Å². The maximum absolute atomic E-state index is 12.8. The lowest BCUT2D eigenvalue weighted by atomic mass is 10.1. The zero-order valence-electron chi connectivity index (χ0n) is 18.4. The minimum Gasteiger partial charge on any atom is -0.491 e. The molecule has 0 radical (unpaired) electrons. The quantitative estimate of drug-likeness (QED) is 0.558. The van der Waals surface area contributed by atoms with Gasteiger partial charge in [-0.3, -0.25) is 9.59 Å². The second kappa shape index (κ2) is 11.9. The number of hydrogen-bond donors (Lipinski definition) is 2. The lowest BCUT2D eigenvalue weighted by Crippen LogP contribution is -2.32. The zero-order chi connectivity index (χ0) is 21.9. The van der Waals surface area contributed by atoms with Crippen molar-refractivity contribution in [3.63, 3.8) is 0 Å². The molecule has 0 atom stereocenters. The standard InChI is InChI=1S/C24H33N3O3/c1-5-13-27(14-6-2)24(29)19-9-7-10-20(15-19)25-17-23(28)26-21-11-8-12-22(16-21)30-18(3)4/h7-12,15-16,18,25H,5-6,13-14,17H2,1-4H3,(H,26,28). The van der Waals surface area contributed by atoms with Gasteiger partial charge in [-0.05, 0) is 57.0 Å². The van der Waals surface area contributed by atoms with E-state index in [4.69, 9.17) is 4.74 Å². The van der Waals surface area contributed by atoms with E-state index in [9.17, 15) is 9.59 Å². The predicted octanol–water partition coefficient (Wildman–Crippen LogP) is 4.79. The molecule has 2 aromatic carbocycles. The highest BCUT2D eigenvalue weighted by Crippen LogP contribution is 2.19. The monoisotopic (exact) mass is 411 g/mol. The summed E-state index contributed by atoms with van der Waals surface area (Å²) in [6.07, 6.45) is 1.92. The Hall–Kier alpha value is -3.02. The van der Waals surface area contributed by atoms with Gasteiger partial charge >= 0.3 is 0 Å². The third-order valence-electron chi connectivity index (χ3n) is 4.33. The van der Waals surface area contributed by atoms with Gasteiger partial charge in [0.15, 0.2) is 0 Å². The molecule has 0 aliphatic rings. The summed E-state index contributed by atoms with van der Waals surface area (Å²) in [4.78, 5) is 27.0. The van der Waals surface area contributed by atoms with Crippen LogP contribution in [0.25, 0.3) is 0 Å². The van der Waals surface area contributed by atoms with Gasteiger partial charge in [-0.15, -0.1) is 0 Å². The molecule has 0 saturated carbocycles. The minimum absolute atomic E-state index is 0.0220. The van der Waals surface area contributed by atoms with Crippen LogP contribution in [0.4, 0.5) is 11.4 Å². The number of ether oxygens (including phenoxy) is 1. The maximum Gasteiger partial charge on any atom is 0.253 e. The van der Waals surface area contributed by atoms with Crippen molar-refractivity contribution in [2.24, 2.45) is 0 Å². The first-order chi connectivity index (χ1) is 14.4. The van der Waals surface area contributed by atoms with Crippen LogP contribution in [-0.2, 0) is 4.79 Å². The summed E-state index contributed by atoms with van der Waals surface area (Å²) in [5.74, 6) is 0.562. The van der Waals surface area contributed by atoms with Crippen molar-refractivity contribution in [1.29, 1.82) is 0 Å². The minimum atomic E-state index is -0.174. The number of amides is 2. The summed E-state index contributed by atoms with van der Waals surface area (Å²) < 4.78 is 5.65. The van der Waals surface area contributed by atoms with Crippen LogP contribution >= 0.6 is 0 Å². The smallest absolute Gasteiger partial charge is 0.253 e. The van der Waals surface area contributed by atoms with Crippen LogP contribution in [0.1, 0.15) is 50.9 Å². The Bertz CT molecular complexity index is 830. The van der Waals surface area contributed by atoms with Crippen LogP contribution in [0.5, 0.6) is 5.75 Å². The molecule has 0 heterocycles. The Morgan fingerprint density at radius 2 is 1.63 bits per heavy atom. The molecule has 6 heteroatoms. The number of hydrogen-bond acceptors (Lipinski definition) is 4. The average molecular weight is 412 g/mol. The van der Waals surface area contributed by atoms with Gasteiger partial charge in [0.25, 0.3) is 5.91 Å². The third kappa shape index (κ3) is 7.43. The molecule has 0 bridgehead atoms. The van der Waals surface area contributed by atoms with E-state index in [0.29, 0.717) is 17.0 Å². The van der Waals surface area contributed by atoms with Crippen LogP contribution in [-0.4, -0.2) is 42.5 Å².